The van der Waals surface area contributed by atoms with Crippen molar-refractivity contribution in [3.63, 3.8) is 0 Å². The predicted molar refractivity (Wildman–Crippen MR) is 71.3 cm³/mol. The SMILES string of the molecule is Cn1cc(-c2noc(-c3cc(Br)ccc3O)n2)cn1. The molecule has 19 heavy (non-hydrogen) atoms. The van der Waals surface area contributed by atoms with Gasteiger partial charge in [0, 0.05) is 17.7 Å². The van der Waals surface area contributed by atoms with Crippen LogP contribution in [0.4, 0.5) is 0 Å². The van der Waals surface area contributed by atoms with Crippen molar-refractivity contribution in [1.82, 2.24) is 19.9 Å². The molecule has 0 aliphatic carbocycles. The van der Waals surface area contributed by atoms with Crippen LogP contribution >= 0.6 is 15.9 Å². The molecule has 0 bridgehead atoms. The smallest absolute Gasteiger partial charge is 0.262 e. The number of aromatic nitrogens is 4. The summed E-state index contributed by atoms with van der Waals surface area (Å²) in [5, 5.41) is 17.7. The minimum atomic E-state index is 0.0876. The number of phenolic OH excluding ortho intramolecular Hbond substituents is 1. The lowest BCUT2D eigenvalue weighted by molar-refractivity contribution is 0.425. The van der Waals surface area contributed by atoms with Crippen molar-refractivity contribution < 1.29 is 9.63 Å². The van der Waals surface area contributed by atoms with Crippen molar-refractivity contribution in [2.45, 2.75) is 0 Å². The Bertz CT molecular complexity index is 735. The summed E-state index contributed by atoms with van der Waals surface area (Å²) < 4.78 is 7.65. The third kappa shape index (κ3) is 2.24. The first-order chi connectivity index (χ1) is 9.13. The van der Waals surface area contributed by atoms with Crippen LogP contribution in [-0.2, 0) is 7.05 Å². The molecule has 3 aromatic rings. The Kier molecular flexibility index (Phi) is 2.83. The Hall–Kier alpha value is -2.15. The molecule has 7 heteroatoms. The number of halogens is 1. The van der Waals surface area contributed by atoms with Gasteiger partial charge in [0.1, 0.15) is 5.75 Å². The number of hydrogen-bond acceptors (Lipinski definition) is 5. The van der Waals surface area contributed by atoms with Crippen molar-refractivity contribution in [3.8, 4) is 28.6 Å². The van der Waals surface area contributed by atoms with E-state index in [2.05, 4.69) is 31.2 Å². The fraction of sp³-hybridized carbons (Fsp3) is 0.0833. The van der Waals surface area contributed by atoms with E-state index < -0.39 is 0 Å². The molecule has 3 rings (SSSR count). The summed E-state index contributed by atoms with van der Waals surface area (Å²) in [6, 6.07) is 5.01. The lowest BCUT2D eigenvalue weighted by atomic mass is 10.2. The zero-order valence-corrected chi connectivity index (χ0v) is 11.5. The van der Waals surface area contributed by atoms with E-state index in [1.54, 1.807) is 35.3 Å². The van der Waals surface area contributed by atoms with Crippen LogP contribution in [0.3, 0.4) is 0 Å². The molecule has 0 saturated carbocycles. The molecule has 0 radical (unpaired) electrons. The van der Waals surface area contributed by atoms with Crippen LogP contribution in [0, 0.1) is 0 Å². The number of rotatable bonds is 2. The molecule has 1 aromatic carbocycles. The second-order valence-corrected chi connectivity index (χ2v) is 4.90. The van der Waals surface area contributed by atoms with E-state index in [0.29, 0.717) is 11.4 Å². The summed E-state index contributed by atoms with van der Waals surface area (Å²) in [6.45, 7) is 0. The van der Waals surface area contributed by atoms with Gasteiger partial charge in [-0.2, -0.15) is 10.1 Å². The number of nitrogens with zero attached hydrogens (tertiary/aromatic N) is 4. The van der Waals surface area contributed by atoms with Crippen LogP contribution < -0.4 is 0 Å². The fourth-order valence-electron chi connectivity index (χ4n) is 1.67. The van der Waals surface area contributed by atoms with Gasteiger partial charge in [0.2, 0.25) is 5.82 Å². The molecule has 0 aliphatic rings. The number of hydrogen-bond donors (Lipinski definition) is 1. The first-order valence-corrected chi connectivity index (χ1v) is 6.24. The Labute approximate surface area is 116 Å². The van der Waals surface area contributed by atoms with Gasteiger partial charge in [-0.3, -0.25) is 4.68 Å². The van der Waals surface area contributed by atoms with Crippen LogP contribution in [0.25, 0.3) is 22.8 Å². The molecular formula is C12H9BrN4O2. The molecule has 0 spiro atoms. The van der Waals surface area contributed by atoms with Crippen molar-refractivity contribution in [1.29, 1.82) is 0 Å². The van der Waals surface area contributed by atoms with E-state index in [9.17, 15) is 5.11 Å². The van der Waals surface area contributed by atoms with Gasteiger partial charge in [0.25, 0.3) is 5.89 Å². The minimum Gasteiger partial charge on any atom is -0.507 e. The molecule has 0 unspecified atom stereocenters. The van der Waals surface area contributed by atoms with Gasteiger partial charge >= 0.3 is 0 Å². The molecule has 2 aromatic heterocycles. The Morgan fingerprint density at radius 3 is 2.95 bits per heavy atom. The van der Waals surface area contributed by atoms with Crippen molar-refractivity contribution in [3.05, 3.63) is 35.1 Å². The van der Waals surface area contributed by atoms with Gasteiger partial charge in [-0.05, 0) is 18.2 Å². The van der Waals surface area contributed by atoms with E-state index in [-0.39, 0.29) is 11.6 Å². The van der Waals surface area contributed by atoms with E-state index in [1.165, 1.54) is 0 Å². The zero-order chi connectivity index (χ0) is 13.4. The average Bonchev–Trinajstić information content (AvgIpc) is 3.00. The zero-order valence-electron chi connectivity index (χ0n) is 9.91. The number of aryl methyl sites for hydroxylation is 1. The Morgan fingerprint density at radius 2 is 2.21 bits per heavy atom. The molecule has 0 atom stereocenters. The molecule has 2 heterocycles. The second-order valence-electron chi connectivity index (χ2n) is 3.99. The summed E-state index contributed by atoms with van der Waals surface area (Å²) in [6.07, 6.45) is 3.44. The highest BCUT2D eigenvalue weighted by Crippen LogP contribution is 2.31. The fourth-order valence-corrected chi connectivity index (χ4v) is 2.03. The molecule has 0 saturated heterocycles. The van der Waals surface area contributed by atoms with Crippen molar-refractivity contribution in [2.24, 2.45) is 7.05 Å². The maximum atomic E-state index is 9.81. The number of aromatic hydroxyl groups is 1. The van der Waals surface area contributed by atoms with E-state index in [4.69, 9.17) is 4.52 Å². The predicted octanol–water partition coefficient (Wildman–Crippen LogP) is 2.61. The highest BCUT2D eigenvalue weighted by molar-refractivity contribution is 9.10. The standard InChI is InChI=1S/C12H9BrN4O2/c1-17-6-7(5-14-17)11-15-12(19-16-11)9-4-8(13)2-3-10(9)18/h2-6,18H,1H3. The summed E-state index contributed by atoms with van der Waals surface area (Å²) in [5.41, 5.74) is 1.24. The van der Waals surface area contributed by atoms with Crippen LogP contribution in [0.2, 0.25) is 0 Å². The van der Waals surface area contributed by atoms with Gasteiger partial charge in [0.05, 0.1) is 17.3 Å². The largest absolute Gasteiger partial charge is 0.507 e. The minimum absolute atomic E-state index is 0.0876. The van der Waals surface area contributed by atoms with Crippen LogP contribution in [0.1, 0.15) is 0 Å². The topological polar surface area (TPSA) is 77.0 Å². The molecular weight excluding hydrogens is 312 g/mol. The van der Waals surface area contributed by atoms with Crippen LogP contribution in [0.5, 0.6) is 5.75 Å². The summed E-state index contributed by atoms with van der Waals surface area (Å²) >= 11 is 3.33. The highest BCUT2D eigenvalue weighted by atomic mass is 79.9. The quantitative estimate of drug-likeness (QED) is 0.785. The lowest BCUT2D eigenvalue weighted by Gasteiger charge is -1.98. The average molecular weight is 321 g/mol. The molecule has 0 aliphatic heterocycles. The molecule has 0 amide bonds. The van der Waals surface area contributed by atoms with E-state index in [1.807, 2.05) is 7.05 Å². The maximum Gasteiger partial charge on any atom is 0.262 e. The van der Waals surface area contributed by atoms with Crippen molar-refractivity contribution in [2.75, 3.05) is 0 Å². The van der Waals surface area contributed by atoms with Gasteiger partial charge in [-0.1, -0.05) is 21.1 Å². The Morgan fingerprint density at radius 1 is 1.37 bits per heavy atom. The first kappa shape index (κ1) is 11.9. The number of phenols is 1. The van der Waals surface area contributed by atoms with Gasteiger partial charge in [-0.25, -0.2) is 0 Å². The van der Waals surface area contributed by atoms with E-state index >= 15 is 0 Å². The maximum absolute atomic E-state index is 9.81. The number of benzene rings is 1. The molecule has 0 fully saturated rings. The third-order valence-corrected chi connectivity index (χ3v) is 3.07. The lowest BCUT2D eigenvalue weighted by Crippen LogP contribution is -1.84. The third-order valence-electron chi connectivity index (χ3n) is 2.58. The first-order valence-electron chi connectivity index (χ1n) is 5.45. The van der Waals surface area contributed by atoms with Crippen LogP contribution in [0.15, 0.2) is 39.6 Å². The van der Waals surface area contributed by atoms with Crippen molar-refractivity contribution >= 4 is 15.9 Å². The van der Waals surface area contributed by atoms with Gasteiger partial charge in [-0.15, -0.1) is 0 Å². The molecule has 6 nitrogen and oxygen atoms in total. The summed E-state index contributed by atoms with van der Waals surface area (Å²) in [7, 11) is 1.81. The monoisotopic (exact) mass is 320 g/mol. The van der Waals surface area contributed by atoms with Gasteiger partial charge in [0.15, 0.2) is 0 Å². The normalized spacial score (nSPS) is 10.8. The summed E-state index contributed by atoms with van der Waals surface area (Å²) in [4.78, 5) is 4.25. The van der Waals surface area contributed by atoms with E-state index in [0.717, 1.165) is 10.0 Å². The highest BCUT2D eigenvalue weighted by Gasteiger charge is 2.15. The van der Waals surface area contributed by atoms with Gasteiger partial charge < -0.3 is 9.63 Å². The Balaban J connectivity index is 2.03. The molecule has 96 valence electrons. The van der Waals surface area contributed by atoms with Crippen LogP contribution in [-0.4, -0.2) is 25.0 Å². The second kappa shape index (κ2) is 4.51. The molecule has 1 N–H and O–H groups in total. The summed E-state index contributed by atoms with van der Waals surface area (Å²) in [5.74, 6) is 0.782.